The third kappa shape index (κ3) is 3.85. The Morgan fingerprint density at radius 3 is 2.60 bits per heavy atom. The summed E-state index contributed by atoms with van der Waals surface area (Å²) in [5, 5.41) is 2.93. The lowest BCUT2D eigenvalue weighted by Crippen LogP contribution is -2.48. The summed E-state index contributed by atoms with van der Waals surface area (Å²) in [6, 6.07) is 9.73. The van der Waals surface area contributed by atoms with Crippen LogP contribution in [-0.4, -0.2) is 33.2 Å². The molecule has 0 saturated heterocycles. The van der Waals surface area contributed by atoms with Gasteiger partial charge in [0.1, 0.15) is 11.6 Å². The van der Waals surface area contributed by atoms with E-state index in [4.69, 9.17) is 16.3 Å². The first-order valence-corrected chi connectivity index (χ1v) is 9.47. The highest BCUT2D eigenvalue weighted by Gasteiger charge is 2.35. The van der Waals surface area contributed by atoms with Crippen LogP contribution in [0.15, 0.2) is 42.5 Å². The van der Waals surface area contributed by atoms with Crippen molar-refractivity contribution in [3.8, 4) is 5.75 Å². The summed E-state index contributed by atoms with van der Waals surface area (Å²) in [5.74, 6) is -0.734. The Bertz CT molecular complexity index is 918. The van der Waals surface area contributed by atoms with Gasteiger partial charge in [-0.25, -0.2) is 12.8 Å². The molecule has 1 amide bonds. The maximum absolute atomic E-state index is 12.9. The molecule has 1 heterocycles. The van der Waals surface area contributed by atoms with Crippen LogP contribution in [0.25, 0.3) is 0 Å². The summed E-state index contributed by atoms with van der Waals surface area (Å²) in [6.07, 6.45) is -0.0220. The van der Waals surface area contributed by atoms with Crippen LogP contribution in [0, 0.1) is 5.82 Å². The van der Waals surface area contributed by atoms with Crippen molar-refractivity contribution < 1.29 is 22.3 Å². The highest BCUT2D eigenvalue weighted by Crippen LogP contribution is 2.37. The van der Waals surface area contributed by atoms with Crippen LogP contribution in [0.3, 0.4) is 0 Å². The van der Waals surface area contributed by atoms with Gasteiger partial charge in [-0.05, 0) is 42.5 Å². The lowest BCUT2D eigenvalue weighted by Gasteiger charge is -2.34. The minimum atomic E-state index is -3.64. The van der Waals surface area contributed by atoms with Crippen molar-refractivity contribution in [3.63, 3.8) is 0 Å². The largest absolute Gasteiger partial charge is 0.476 e. The van der Waals surface area contributed by atoms with Crippen molar-refractivity contribution in [1.82, 2.24) is 0 Å². The van der Waals surface area contributed by atoms with E-state index >= 15 is 0 Å². The number of carbonyl (C=O) groups is 1. The number of nitrogens with one attached hydrogen (secondary N) is 1. The molecule has 0 saturated carbocycles. The monoisotopic (exact) mass is 384 g/mol. The van der Waals surface area contributed by atoms with Crippen molar-refractivity contribution in [2.75, 3.05) is 22.4 Å². The molecule has 0 bridgehead atoms. The molecule has 1 aliphatic heterocycles. The Morgan fingerprint density at radius 2 is 1.96 bits per heavy atom. The van der Waals surface area contributed by atoms with Gasteiger partial charge in [0.15, 0.2) is 6.10 Å². The Balaban J connectivity index is 1.87. The molecule has 1 aliphatic rings. The van der Waals surface area contributed by atoms with Crippen molar-refractivity contribution in [3.05, 3.63) is 53.3 Å². The number of fused-ring (bicyclic) bond motifs is 1. The van der Waals surface area contributed by atoms with E-state index in [1.165, 1.54) is 36.4 Å². The number of hydrogen-bond acceptors (Lipinski definition) is 4. The number of anilines is 2. The smallest absolute Gasteiger partial charge is 0.267 e. The van der Waals surface area contributed by atoms with Gasteiger partial charge in [0.05, 0.1) is 18.5 Å². The fourth-order valence-electron chi connectivity index (χ4n) is 2.43. The van der Waals surface area contributed by atoms with Gasteiger partial charge in [-0.1, -0.05) is 11.6 Å². The van der Waals surface area contributed by atoms with Crippen molar-refractivity contribution in [1.29, 1.82) is 0 Å². The first kappa shape index (κ1) is 17.5. The van der Waals surface area contributed by atoms with Gasteiger partial charge in [0.2, 0.25) is 10.0 Å². The quantitative estimate of drug-likeness (QED) is 0.882. The topological polar surface area (TPSA) is 75.7 Å². The van der Waals surface area contributed by atoms with Gasteiger partial charge in [0, 0.05) is 10.7 Å². The predicted octanol–water partition coefficient (Wildman–Crippen LogP) is 2.64. The summed E-state index contributed by atoms with van der Waals surface area (Å²) >= 11 is 5.92. The van der Waals surface area contributed by atoms with Gasteiger partial charge < -0.3 is 10.1 Å². The number of benzene rings is 2. The Labute approximate surface area is 149 Å². The molecule has 0 radical (unpaired) electrons. The molecule has 0 aliphatic carbocycles. The van der Waals surface area contributed by atoms with Gasteiger partial charge in [-0.15, -0.1) is 0 Å². The van der Waals surface area contributed by atoms with Crippen molar-refractivity contribution in [2.45, 2.75) is 6.10 Å². The Kier molecular flexibility index (Phi) is 4.57. The number of amides is 1. The second-order valence-corrected chi connectivity index (χ2v) is 7.85. The molecule has 2 aromatic rings. The second kappa shape index (κ2) is 6.53. The van der Waals surface area contributed by atoms with E-state index in [9.17, 15) is 17.6 Å². The van der Waals surface area contributed by atoms with Crippen LogP contribution in [0.4, 0.5) is 15.8 Å². The fourth-order valence-corrected chi connectivity index (χ4v) is 3.50. The zero-order chi connectivity index (χ0) is 18.2. The highest BCUT2D eigenvalue weighted by atomic mass is 35.5. The average Bonchev–Trinajstić information content (AvgIpc) is 2.55. The van der Waals surface area contributed by atoms with Crippen molar-refractivity contribution >= 4 is 38.9 Å². The summed E-state index contributed by atoms with van der Waals surface area (Å²) in [7, 11) is -3.64. The lowest BCUT2D eigenvalue weighted by molar-refractivity contribution is -0.122. The first-order valence-electron chi connectivity index (χ1n) is 7.24. The van der Waals surface area contributed by atoms with Crippen LogP contribution < -0.4 is 14.4 Å². The molecular formula is C16H14ClFN2O4S. The summed E-state index contributed by atoms with van der Waals surface area (Å²) in [6.45, 7) is -0.195. The molecule has 25 heavy (non-hydrogen) atoms. The molecule has 132 valence electrons. The summed E-state index contributed by atoms with van der Waals surface area (Å²) in [5.41, 5.74) is 0.656. The van der Waals surface area contributed by atoms with Crippen molar-refractivity contribution in [2.24, 2.45) is 0 Å². The SMILES string of the molecule is CS(=O)(=O)N1CC(C(=O)Nc2ccc(F)cc2)Oc2ccc(Cl)cc21. The minimum Gasteiger partial charge on any atom is -0.476 e. The third-order valence-electron chi connectivity index (χ3n) is 3.60. The number of rotatable bonds is 3. The molecule has 1 atom stereocenters. The Morgan fingerprint density at radius 1 is 1.28 bits per heavy atom. The molecule has 2 aromatic carbocycles. The zero-order valence-corrected chi connectivity index (χ0v) is 14.6. The van der Waals surface area contributed by atoms with Gasteiger partial charge in [-0.3, -0.25) is 9.10 Å². The minimum absolute atomic E-state index is 0.195. The van der Waals surface area contributed by atoms with Gasteiger partial charge in [-0.2, -0.15) is 0 Å². The number of carbonyl (C=O) groups excluding carboxylic acids is 1. The molecule has 0 fully saturated rings. The maximum Gasteiger partial charge on any atom is 0.267 e. The molecule has 0 aromatic heterocycles. The second-order valence-electron chi connectivity index (χ2n) is 5.51. The molecular weight excluding hydrogens is 371 g/mol. The molecule has 0 spiro atoms. The van der Waals surface area contributed by atoms with E-state index in [2.05, 4.69) is 5.32 Å². The van der Waals surface area contributed by atoms with Gasteiger partial charge in [0.25, 0.3) is 5.91 Å². The fraction of sp³-hybridized carbons (Fsp3) is 0.188. The van der Waals surface area contributed by atoms with E-state index in [-0.39, 0.29) is 18.0 Å². The normalized spacial score (nSPS) is 16.8. The molecule has 1 unspecified atom stereocenters. The number of hydrogen-bond donors (Lipinski definition) is 1. The number of nitrogens with zero attached hydrogens (tertiary/aromatic N) is 1. The van der Waals surface area contributed by atoms with E-state index in [1.54, 1.807) is 6.07 Å². The molecule has 9 heteroatoms. The number of halogens is 2. The van der Waals surface area contributed by atoms with Gasteiger partial charge >= 0.3 is 0 Å². The molecule has 1 N–H and O–H groups in total. The lowest BCUT2D eigenvalue weighted by atomic mass is 10.2. The third-order valence-corrected chi connectivity index (χ3v) is 4.98. The maximum atomic E-state index is 12.9. The van der Waals surface area contributed by atoms with Crippen LogP contribution in [0.2, 0.25) is 5.02 Å². The zero-order valence-electron chi connectivity index (χ0n) is 13.1. The van der Waals surface area contributed by atoms with E-state index < -0.39 is 27.9 Å². The highest BCUT2D eigenvalue weighted by molar-refractivity contribution is 7.92. The van der Waals surface area contributed by atoms with E-state index in [0.717, 1.165) is 10.6 Å². The number of ether oxygens (including phenoxy) is 1. The Hall–Kier alpha value is -2.32. The van der Waals surface area contributed by atoms with Crippen LogP contribution in [0.5, 0.6) is 5.75 Å². The van der Waals surface area contributed by atoms with E-state index in [0.29, 0.717) is 10.7 Å². The number of sulfonamides is 1. The first-order chi connectivity index (χ1) is 11.7. The summed E-state index contributed by atoms with van der Waals surface area (Å²) in [4.78, 5) is 12.4. The molecule has 3 rings (SSSR count). The average molecular weight is 385 g/mol. The summed E-state index contributed by atoms with van der Waals surface area (Å²) < 4.78 is 43.8. The predicted molar refractivity (Wildman–Crippen MR) is 93.1 cm³/mol. The van der Waals surface area contributed by atoms with Crippen LogP contribution >= 0.6 is 11.6 Å². The van der Waals surface area contributed by atoms with Crippen LogP contribution in [-0.2, 0) is 14.8 Å². The molecule has 6 nitrogen and oxygen atoms in total. The van der Waals surface area contributed by atoms with E-state index in [1.807, 2.05) is 0 Å². The standard InChI is InChI=1S/C16H14ClFN2O4S/c1-25(22,23)20-9-15(24-14-7-2-10(17)8-13(14)20)16(21)19-12-5-3-11(18)4-6-12/h2-8,15H,9H2,1H3,(H,19,21). The van der Waals surface area contributed by atoms with Crippen LogP contribution in [0.1, 0.15) is 0 Å².